The number of morpholine rings is 1. The Bertz CT molecular complexity index is 433. The topological polar surface area (TPSA) is 95.9 Å². The van der Waals surface area contributed by atoms with E-state index in [-0.39, 0.29) is 49.1 Å². The molecule has 0 aliphatic carbocycles. The highest BCUT2D eigenvalue weighted by atomic mass is 32.2. The third-order valence-corrected chi connectivity index (χ3v) is 5.48. The lowest BCUT2D eigenvalue weighted by Crippen LogP contribution is -2.48. The molecule has 1 amide bonds. The summed E-state index contributed by atoms with van der Waals surface area (Å²) in [6.45, 7) is 1.88. The van der Waals surface area contributed by atoms with Gasteiger partial charge in [-0.05, 0) is 6.42 Å². The normalized spacial score (nSPS) is 29.2. The van der Waals surface area contributed by atoms with Crippen molar-refractivity contribution < 1.29 is 23.1 Å². The molecule has 2 aliphatic rings. The number of carbonyl (C=O) groups is 1. The van der Waals surface area contributed by atoms with Crippen molar-refractivity contribution in [3.8, 4) is 0 Å². The second-order valence-corrected chi connectivity index (χ2v) is 7.53. The van der Waals surface area contributed by atoms with Gasteiger partial charge >= 0.3 is 0 Å². The average molecular weight is 306 g/mol. The summed E-state index contributed by atoms with van der Waals surface area (Å²) in [7, 11) is -3.04. The molecule has 0 aromatic heterocycles. The van der Waals surface area contributed by atoms with Crippen LogP contribution < -0.4 is 5.32 Å². The first-order valence-corrected chi connectivity index (χ1v) is 8.76. The Morgan fingerprint density at radius 1 is 1.45 bits per heavy atom. The number of nitrogens with one attached hydrogen (secondary N) is 1. The van der Waals surface area contributed by atoms with E-state index in [0.29, 0.717) is 19.6 Å². The highest BCUT2D eigenvalue weighted by Crippen LogP contribution is 2.19. The molecule has 0 bridgehead atoms. The third kappa shape index (κ3) is 4.15. The van der Waals surface area contributed by atoms with Crippen LogP contribution in [0.2, 0.25) is 0 Å². The largest absolute Gasteiger partial charge is 0.395 e. The first kappa shape index (κ1) is 15.7. The Kier molecular flexibility index (Phi) is 5.36. The summed E-state index contributed by atoms with van der Waals surface area (Å²) in [5, 5.41) is 12.3. The van der Waals surface area contributed by atoms with Crippen LogP contribution in [0.15, 0.2) is 0 Å². The van der Waals surface area contributed by atoms with E-state index in [9.17, 15) is 13.2 Å². The number of ether oxygens (including phenoxy) is 1. The van der Waals surface area contributed by atoms with E-state index in [1.807, 2.05) is 0 Å². The van der Waals surface area contributed by atoms with Gasteiger partial charge in [0.15, 0.2) is 9.84 Å². The van der Waals surface area contributed by atoms with Gasteiger partial charge in [0, 0.05) is 31.6 Å². The molecular formula is C12H22N2O5S. The van der Waals surface area contributed by atoms with E-state index in [1.54, 1.807) is 0 Å². The van der Waals surface area contributed by atoms with Gasteiger partial charge in [-0.15, -0.1) is 0 Å². The smallest absolute Gasteiger partial charge is 0.224 e. The van der Waals surface area contributed by atoms with Crippen LogP contribution in [0.5, 0.6) is 0 Å². The van der Waals surface area contributed by atoms with Gasteiger partial charge in [-0.3, -0.25) is 4.79 Å². The van der Waals surface area contributed by atoms with Crippen LogP contribution in [-0.4, -0.2) is 80.8 Å². The molecular weight excluding hydrogens is 284 g/mol. The summed E-state index contributed by atoms with van der Waals surface area (Å²) in [5.74, 6) is 0.00880. The quantitative estimate of drug-likeness (QED) is 0.633. The van der Waals surface area contributed by atoms with Crippen LogP contribution in [0.1, 0.15) is 12.8 Å². The zero-order valence-electron chi connectivity index (χ0n) is 11.5. The molecule has 2 saturated heterocycles. The maximum absolute atomic E-state index is 12.3. The van der Waals surface area contributed by atoms with Crippen molar-refractivity contribution in [3.05, 3.63) is 0 Å². The molecule has 2 fully saturated rings. The van der Waals surface area contributed by atoms with Gasteiger partial charge in [0.2, 0.25) is 5.91 Å². The van der Waals surface area contributed by atoms with E-state index in [4.69, 9.17) is 9.84 Å². The molecule has 116 valence electrons. The maximum atomic E-state index is 12.3. The molecule has 7 nitrogen and oxygen atoms in total. The number of aliphatic hydroxyl groups is 1. The van der Waals surface area contributed by atoms with E-state index in [0.717, 1.165) is 6.54 Å². The molecule has 2 unspecified atom stereocenters. The van der Waals surface area contributed by atoms with Crippen LogP contribution >= 0.6 is 0 Å². The number of amides is 1. The number of sulfone groups is 1. The molecule has 0 aromatic rings. The first-order valence-electron chi connectivity index (χ1n) is 6.94. The van der Waals surface area contributed by atoms with Crippen molar-refractivity contribution in [2.24, 2.45) is 0 Å². The lowest BCUT2D eigenvalue weighted by atomic mass is 10.1. The summed E-state index contributed by atoms with van der Waals surface area (Å²) in [6.07, 6.45) is 0.735. The van der Waals surface area contributed by atoms with E-state index in [2.05, 4.69) is 5.32 Å². The van der Waals surface area contributed by atoms with Gasteiger partial charge in [-0.2, -0.15) is 0 Å². The van der Waals surface area contributed by atoms with Crippen LogP contribution in [0, 0.1) is 0 Å². The number of carbonyl (C=O) groups excluding carboxylic acids is 1. The molecule has 0 saturated carbocycles. The van der Waals surface area contributed by atoms with Gasteiger partial charge in [-0.1, -0.05) is 0 Å². The lowest BCUT2D eigenvalue weighted by molar-refractivity contribution is -0.134. The minimum absolute atomic E-state index is 0.00728. The second kappa shape index (κ2) is 6.84. The van der Waals surface area contributed by atoms with Crippen molar-refractivity contribution in [3.63, 3.8) is 0 Å². The van der Waals surface area contributed by atoms with E-state index < -0.39 is 9.84 Å². The summed E-state index contributed by atoms with van der Waals surface area (Å²) in [4.78, 5) is 13.8. The van der Waals surface area contributed by atoms with Gasteiger partial charge in [0.25, 0.3) is 0 Å². The summed E-state index contributed by atoms with van der Waals surface area (Å²) in [6, 6.07) is -0.334. The monoisotopic (exact) mass is 306 g/mol. The molecule has 2 rings (SSSR count). The van der Waals surface area contributed by atoms with Gasteiger partial charge in [-0.25, -0.2) is 8.42 Å². The highest BCUT2D eigenvalue weighted by molar-refractivity contribution is 7.91. The fraction of sp³-hybridized carbons (Fsp3) is 0.917. The van der Waals surface area contributed by atoms with Crippen molar-refractivity contribution in [2.75, 3.05) is 44.4 Å². The Balaban J connectivity index is 1.95. The predicted molar refractivity (Wildman–Crippen MR) is 73.1 cm³/mol. The first-order chi connectivity index (χ1) is 9.52. The number of rotatable bonds is 5. The molecule has 2 N–H and O–H groups in total. The lowest BCUT2D eigenvalue weighted by Gasteiger charge is -2.30. The van der Waals surface area contributed by atoms with Crippen LogP contribution in [0.3, 0.4) is 0 Å². The van der Waals surface area contributed by atoms with Crippen molar-refractivity contribution in [2.45, 2.75) is 24.9 Å². The predicted octanol–water partition coefficient (Wildman–Crippen LogP) is -1.63. The van der Waals surface area contributed by atoms with Crippen LogP contribution in [0.25, 0.3) is 0 Å². The third-order valence-electron chi connectivity index (χ3n) is 3.73. The maximum Gasteiger partial charge on any atom is 0.224 e. The minimum atomic E-state index is -3.04. The molecule has 2 heterocycles. The molecule has 2 atom stereocenters. The van der Waals surface area contributed by atoms with Crippen molar-refractivity contribution in [1.29, 1.82) is 0 Å². The van der Waals surface area contributed by atoms with Crippen LogP contribution in [-0.2, 0) is 19.4 Å². The van der Waals surface area contributed by atoms with Gasteiger partial charge in [0.1, 0.15) is 0 Å². The van der Waals surface area contributed by atoms with Crippen molar-refractivity contribution in [1.82, 2.24) is 10.2 Å². The number of nitrogens with zero attached hydrogens (tertiary/aromatic N) is 1. The zero-order chi connectivity index (χ0) is 14.6. The average Bonchev–Trinajstić information content (AvgIpc) is 2.77. The standard InChI is InChI=1S/C12H22N2O5S/c15-4-3-14(11-1-6-20(17,18)9-11)12(16)7-10-8-19-5-2-13-10/h10-11,13,15H,1-9H2. The van der Waals surface area contributed by atoms with E-state index in [1.165, 1.54) is 4.90 Å². The number of hydrogen-bond donors (Lipinski definition) is 2. The van der Waals surface area contributed by atoms with E-state index >= 15 is 0 Å². The summed E-state index contributed by atoms with van der Waals surface area (Å²) >= 11 is 0. The fourth-order valence-corrected chi connectivity index (χ4v) is 4.45. The Morgan fingerprint density at radius 2 is 2.25 bits per heavy atom. The molecule has 2 aliphatic heterocycles. The summed E-state index contributed by atoms with van der Waals surface area (Å²) in [5.41, 5.74) is 0. The Labute approximate surface area is 119 Å². The van der Waals surface area contributed by atoms with Crippen molar-refractivity contribution >= 4 is 15.7 Å². The zero-order valence-corrected chi connectivity index (χ0v) is 12.3. The minimum Gasteiger partial charge on any atom is -0.395 e. The molecule has 0 spiro atoms. The molecule has 0 radical (unpaired) electrons. The number of hydrogen-bond acceptors (Lipinski definition) is 6. The Hall–Kier alpha value is -0.700. The number of aliphatic hydroxyl groups excluding tert-OH is 1. The van der Waals surface area contributed by atoms with Gasteiger partial charge < -0.3 is 20.1 Å². The second-order valence-electron chi connectivity index (χ2n) is 5.30. The van der Waals surface area contributed by atoms with Crippen LogP contribution in [0.4, 0.5) is 0 Å². The van der Waals surface area contributed by atoms with Gasteiger partial charge in [0.05, 0.1) is 31.3 Å². The fourth-order valence-electron chi connectivity index (χ4n) is 2.72. The molecule has 0 aromatic carbocycles. The SMILES string of the molecule is O=C(CC1COCCN1)N(CCO)C1CCS(=O)(=O)C1. The highest BCUT2D eigenvalue weighted by Gasteiger charge is 2.35. The summed E-state index contributed by atoms with van der Waals surface area (Å²) < 4.78 is 28.4. The molecule has 20 heavy (non-hydrogen) atoms. The Morgan fingerprint density at radius 3 is 2.80 bits per heavy atom. The molecule has 8 heteroatoms.